The number of ketones is 1. The van der Waals surface area contributed by atoms with Crippen LogP contribution in [0.3, 0.4) is 0 Å². The number of hydrogen-bond donors (Lipinski definition) is 1. The maximum Gasteiger partial charge on any atom is 0.133 e. The Morgan fingerprint density at radius 2 is 2.05 bits per heavy atom. The molecular formula is C20H26O2. The van der Waals surface area contributed by atoms with Crippen LogP contribution in [0.15, 0.2) is 18.2 Å². The smallest absolute Gasteiger partial charge is 0.133 e. The number of aromatic hydroxyl groups is 1. The van der Waals surface area contributed by atoms with Crippen molar-refractivity contribution >= 4 is 5.78 Å². The number of carbonyl (C=O) groups excluding carboxylic acids is 1. The molecule has 5 atom stereocenters. The third kappa shape index (κ3) is 1.89. The summed E-state index contributed by atoms with van der Waals surface area (Å²) in [7, 11) is 0. The summed E-state index contributed by atoms with van der Waals surface area (Å²) in [5.74, 6) is 3.19. The van der Waals surface area contributed by atoms with Gasteiger partial charge in [-0.3, -0.25) is 4.79 Å². The quantitative estimate of drug-likeness (QED) is 0.831. The number of fused-ring (bicyclic) bond motifs is 5. The standard InChI is InChI=1S/C20H26O2/c1-12(21)18-7-8-19-17-5-3-13-11-14(22)4-6-15(13)16(17)9-10-20(18,19)2/h4,6,11,16-19,22H,3,5,7-10H2,1-2H3/t16-,17-,18-,19+,20-/m0/s1. The van der Waals surface area contributed by atoms with E-state index >= 15 is 0 Å². The van der Waals surface area contributed by atoms with Crippen LogP contribution in [0.25, 0.3) is 0 Å². The highest BCUT2D eigenvalue weighted by Crippen LogP contribution is 2.63. The number of Topliss-reactive ketones (excluding diaryl/α,β-unsaturated/α-hetero) is 1. The van der Waals surface area contributed by atoms with Crippen molar-refractivity contribution in [1.82, 2.24) is 0 Å². The number of phenols is 1. The van der Waals surface area contributed by atoms with Gasteiger partial charge >= 0.3 is 0 Å². The van der Waals surface area contributed by atoms with Crippen LogP contribution in [-0.2, 0) is 11.2 Å². The average Bonchev–Trinajstić information content (AvgIpc) is 2.84. The number of benzene rings is 1. The van der Waals surface area contributed by atoms with Gasteiger partial charge in [-0.15, -0.1) is 0 Å². The highest BCUT2D eigenvalue weighted by Gasteiger charge is 2.55. The number of aryl methyl sites for hydroxylation is 1. The van der Waals surface area contributed by atoms with Gasteiger partial charge in [0.15, 0.2) is 0 Å². The Hall–Kier alpha value is -1.31. The minimum atomic E-state index is 0.238. The van der Waals surface area contributed by atoms with Gasteiger partial charge in [-0.1, -0.05) is 13.0 Å². The zero-order valence-electron chi connectivity index (χ0n) is 13.6. The van der Waals surface area contributed by atoms with Crippen LogP contribution in [0.5, 0.6) is 5.75 Å². The molecule has 0 unspecified atom stereocenters. The first-order valence-corrected chi connectivity index (χ1v) is 8.83. The molecular weight excluding hydrogens is 272 g/mol. The van der Waals surface area contributed by atoms with Crippen LogP contribution >= 0.6 is 0 Å². The fourth-order valence-corrected chi connectivity index (χ4v) is 6.24. The first-order chi connectivity index (χ1) is 10.5. The molecule has 118 valence electrons. The second kappa shape index (κ2) is 4.84. The van der Waals surface area contributed by atoms with Crippen molar-refractivity contribution in [2.24, 2.45) is 23.2 Å². The summed E-state index contributed by atoms with van der Waals surface area (Å²) in [6.45, 7) is 4.18. The van der Waals surface area contributed by atoms with Crippen LogP contribution in [-0.4, -0.2) is 10.9 Å². The average molecular weight is 298 g/mol. The van der Waals surface area contributed by atoms with E-state index in [1.807, 2.05) is 12.1 Å². The van der Waals surface area contributed by atoms with Crippen molar-refractivity contribution in [2.45, 2.75) is 58.3 Å². The van der Waals surface area contributed by atoms with Crippen molar-refractivity contribution in [3.8, 4) is 5.75 Å². The molecule has 4 rings (SSSR count). The summed E-state index contributed by atoms with van der Waals surface area (Å²) in [4.78, 5) is 12.1. The molecule has 0 saturated heterocycles. The third-order valence-corrected chi connectivity index (χ3v) is 7.20. The molecule has 3 aliphatic rings. The monoisotopic (exact) mass is 298 g/mol. The first-order valence-electron chi connectivity index (χ1n) is 8.83. The molecule has 0 radical (unpaired) electrons. The topological polar surface area (TPSA) is 37.3 Å². The SMILES string of the molecule is CC(=O)[C@@H]1CC[C@@H]2[C@H]3CCc4cc(O)ccc4[C@@H]3CC[C@]21C. The molecule has 2 heteroatoms. The van der Waals surface area contributed by atoms with Crippen LogP contribution in [0.2, 0.25) is 0 Å². The molecule has 0 amide bonds. The molecule has 0 aromatic heterocycles. The van der Waals surface area contributed by atoms with Gasteiger partial charge in [-0.2, -0.15) is 0 Å². The van der Waals surface area contributed by atoms with Gasteiger partial charge in [0.2, 0.25) is 0 Å². The maximum absolute atomic E-state index is 12.1. The van der Waals surface area contributed by atoms with Gasteiger partial charge < -0.3 is 5.11 Å². The van der Waals surface area contributed by atoms with Gasteiger partial charge in [0.1, 0.15) is 11.5 Å². The lowest BCUT2D eigenvalue weighted by Gasteiger charge is -2.50. The van der Waals surface area contributed by atoms with Crippen LogP contribution < -0.4 is 0 Å². The minimum Gasteiger partial charge on any atom is -0.508 e. The Balaban J connectivity index is 1.69. The third-order valence-electron chi connectivity index (χ3n) is 7.20. The molecule has 1 aromatic rings. The Bertz CT molecular complexity index is 620. The van der Waals surface area contributed by atoms with E-state index in [-0.39, 0.29) is 5.41 Å². The highest BCUT2D eigenvalue weighted by molar-refractivity contribution is 5.79. The van der Waals surface area contributed by atoms with E-state index in [0.29, 0.717) is 29.3 Å². The molecule has 1 aromatic carbocycles. The fourth-order valence-electron chi connectivity index (χ4n) is 6.24. The Labute approximate surface area is 132 Å². The summed E-state index contributed by atoms with van der Waals surface area (Å²) in [5, 5.41) is 9.73. The second-order valence-corrected chi connectivity index (χ2v) is 8.08. The van der Waals surface area contributed by atoms with E-state index < -0.39 is 0 Å². The molecule has 2 fully saturated rings. The zero-order valence-corrected chi connectivity index (χ0v) is 13.6. The first kappa shape index (κ1) is 14.3. The minimum absolute atomic E-state index is 0.238. The van der Waals surface area contributed by atoms with Crippen LogP contribution in [0, 0.1) is 23.2 Å². The van der Waals surface area contributed by atoms with Crippen molar-refractivity contribution in [3.05, 3.63) is 29.3 Å². The van der Waals surface area contributed by atoms with Gasteiger partial charge in [0.25, 0.3) is 0 Å². The summed E-state index contributed by atoms with van der Waals surface area (Å²) < 4.78 is 0. The molecule has 0 aliphatic heterocycles. The maximum atomic E-state index is 12.1. The van der Waals surface area contributed by atoms with Gasteiger partial charge in [0, 0.05) is 5.92 Å². The zero-order chi connectivity index (χ0) is 15.5. The normalized spacial score (nSPS) is 39.7. The van der Waals surface area contributed by atoms with Crippen molar-refractivity contribution < 1.29 is 9.90 Å². The lowest BCUT2D eigenvalue weighted by Crippen LogP contribution is -2.43. The summed E-state index contributed by atoms with van der Waals surface area (Å²) >= 11 is 0. The van der Waals surface area contributed by atoms with E-state index in [1.54, 1.807) is 6.92 Å². The van der Waals surface area contributed by atoms with E-state index in [2.05, 4.69) is 13.0 Å². The van der Waals surface area contributed by atoms with E-state index in [4.69, 9.17) is 0 Å². The Morgan fingerprint density at radius 3 is 2.82 bits per heavy atom. The number of carbonyl (C=O) groups is 1. The van der Waals surface area contributed by atoms with Crippen LogP contribution in [0.4, 0.5) is 0 Å². The van der Waals surface area contributed by atoms with E-state index in [0.717, 1.165) is 18.8 Å². The molecule has 2 nitrogen and oxygen atoms in total. The molecule has 1 N–H and O–H groups in total. The number of phenolic OH excluding ortho intramolecular Hbond substituents is 1. The predicted molar refractivity (Wildman–Crippen MR) is 86.9 cm³/mol. The fraction of sp³-hybridized carbons (Fsp3) is 0.650. The molecule has 2 saturated carbocycles. The largest absolute Gasteiger partial charge is 0.508 e. The van der Waals surface area contributed by atoms with E-state index in [1.165, 1.54) is 36.8 Å². The summed E-state index contributed by atoms with van der Waals surface area (Å²) in [5.41, 5.74) is 3.06. The lowest BCUT2D eigenvalue weighted by molar-refractivity contribution is -0.125. The Morgan fingerprint density at radius 1 is 1.23 bits per heavy atom. The second-order valence-electron chi connectivity index (χ2n) is 8.08. The van der Waals surface area contributed by atoms with Gasteiger partial charge in [-0.05, 0) is 91.9 Å². The molecule has 0 spiro atoms. The Kier molecular flexibility index (Phi) is 3.15. The molecule has 0 bridgehead atoms. The van der Waals surface area contributed by atoms with Crippen molar-refractivity contribution in [3.63, 3.8) is 0 Å². The highest BCUT2D eigenvalue weighted by atomic mass is 16.3. The number of rotatable bonds is 1. The number of hydrogen-bond acceptors (Lipinski definition) is 2. The summed E-state index contributed by atoms with van der Waals surface area (Å²) in [6.07, 6.45) is 7.04. The van der Waals surface area contributed by atoms with Gasteiger partial charge in [0.05, 0.1) is 0 Å². The van der Waals surface area contributed by atoms with Crippen LogP contribution in [0.1, 0.15) is 63.0 Å². The molecule has 3 aliphatic carbocycles. The predicted octanol–water partition coefficient (Wildman–Crippen LogP) is 4.45. The van der Waals surface area contributed by atoms with Gasteiger partial charge in [-0.25, -0.2) is 0 Å². The van der Waals surface area contributed by atoms with Crippen molar-refractivity contribution in [2.75, 3.05) is 0 Å². The molecule has 22 heavy (non-hydrogen) atoms. The van der Waals surface area contributed by atoms with Crippen molar-refractivity contribution in [1.29, 1.82) is 0 Å². The molecule has 0 heterocycles. The van der Waals surface area contributed by atoms with E-state index in [9.17, 15) is 9.90 Å². The summed E-state index contributed by atoms with van der Waals surface area (Å²) in [6, 6.07) is 5.97. The lowest BCUT2D eigenvalue weighted by atomic mass is 9.54.